The lowest BCUT2D eigenvalue weighted by molar-refractivity contribution is 0.201. The third kappa shape index (κ3) is 7.28. The number of benzene rings is 1. The zero-order chi connectivity index (χ0) is 25.1. The highest BCUT2D eigenvalue weighted by atomic mass is 16.5. The van der Waals surface area contributed by atoms with Crippen molar-refractivity contribution >= 4 is 11.7 Å². The number of methoxy groups -OCH3 is 1. The Hall–Kier alpha value is -3.46. The Morgan fingerprint density at radius 2 is 1.85 bits per heavy atom. The van der Waals surface area contributed by atoms with Crippen LogP contribution >= 0.6 is 0 Å². The number of carbonyl (C=O) groups is 1. The molecular weight excluding hydrogens is 432 g/mol. The van der Waals surface area contributed by atoms with Crippen molar-refractivity contribution in [3.8, 4) is 17.2 Å². The molecule has 0 N–H and O–H groups in total. The number of likely N-dealkylation sites (N-methyl/N-ethyl adjacent to an activating group) is 2. The van der Waals surface area contributed by atoms with E-state index in [9.17, 15) is 4.79 Å². The first-order valence-corrected chi connectivity index (χ1v) is 11.5. The largest absolute Gasteiger partial charge is 0.497 e. The first-order valence-electron chi connectivity index (χ1n) is 11.5. The summed E-state index contributed by atoms with van der Waals surface area (Å²) in [5, 5.41) is 7.88. The van der Waals surface area contributed by atoms with Gasteiger partial charge in [0, 0.05) is 44.5 Å². The first-order chi connectivity index (χ1) is 16.4. The molecule has 1 aromatic carbocycles. The van der Waals surface area contributed by atoms with Crippen molar-refractivity contribution in [3.05, 3.63) is 54.2 Å². The molecule has 0 aliphatic carbocycles. The van der Waals surface area contributed by atoms with Gasteiger partial charge in [-0.3, -0.25) is 9.88 Å². The van der Waals surface area contributed by atoms with E-state index in [1.165, 1.54) is 0 Å². The van der Waals surface area contributed by atoms with Crippen LogP contribution < -0.4 is 9.64 Å². The van der Waals surface area contributed by atoms with Gasteiger partial charge in [0.05, 0.1) is 24.9 Å². The molecule has 2 heterocycles. The number of hydrogen-bond donors (Lipinski definition) is 0. The van der Waals surface area contributed by atoms with E-state index >= 15 is 0 Å². The van der Waals surface area contributed by atoms with Gasteiger partial charge in [-0.15, -0.1) is 10.2 Å². The van der Waals surface area contributed by atoms with Gasteiger partial charge in [0.2, 0.25) is 11.8 Å². The monoisotopic (exact) mass is 468 g/mol. The van der Waals surface area contributed by atoms with Crippen LogP contribution in [0.2, 0.25) is 0 Å². The molecule has 3 aromatic rings. The number of ether oxygens (including phenoxy) is 1. The first kappa shape index (κ1) is 26.8. The summed E-state index contributed by atoms with van der Waals surface area (Å²) in [6.45, 7) is 10.1. The Kier molecular flexibility index (Phi) is 10.5. The van der Waals surface area contributed by atoms with Gasteiger partial charge in [-0.2, -0.15) is 0 Å². The van der Waals surface area contributed by atoms with Gasteiger partial charge in [-0.25, -0.2) is 4.79 Å². The second-order valence-electron chi connectivity index (χ2n) is 7.62. The average Bonchev–Trinajstić information content (AvgIpc) is 3.30. The molecule has 3 rings (SSSR count). The summed E-state index contributed by atoms with van der Waals surface area (Å²) < 4.78 is 10.8. The summed E-state index contributed by atoms with van der Waals surface area (Å²) in [5.74, 6) is 1.60. The molecule has 9 nitrogen and oxygen atoms in total. The second-order valence-corrected chi connectivity index (χ2v) is 7.62. The number of nitrogens with zero attached hydrogens (tertiary/aromatic N) is 6. The fourth-order valence-corrected chi connectivity index (χ4v) is 3.15. The van der Waals surface area contributed by atoms with E-state index in [1.54, 1.807) is 25.1 Å². The Labute approximate surface area is 202 Å². The van der Waals surface area contributed by atoms with E-state index in [1.807, 2.05) is 76.2 Å². The van der Waals surface area contributed by atoms with E-state index in [2.05, 4.69) is 20.1 Å². The molecule has 0 fully saturated rings. The average molecular weight is 469 g/mol. The number of aromatic nitrogens is 3. The van der Waals surface area contributed by atoms with Gasteiger partial charge < -0.3 is 19.0 Å². The van der Waals surface area contributed by atoms with E-state index in [0.717, 1.165) is 23.5 Å². The molecule has 9 heteroatoms. The quantitative estimate of drug-likeness (QED) is 0.457. The van der Waals surface area contributed by atoms with Crippen molar-refractivity contribution in [2.75, 3.05) is 45.7 Å². The van der Waals surface area contributed by atoms with E-state index < -0.39 is 0 Å². The molecule has 0 radical (unpaired) electrons. The number of amides is 2. The third-order valence-corrected chi connectivity index (χ3v) is 4.98. The van der Waals surface area contributed by atoms with Crippen molar-refractivity contribution < 1.29 is 13.9 Å². The Morgan fingerprint density at radius 3 is 2.41 bits per heavy atom. The fourth-order valence-electron chi connectivity index (χ4n) is 3.15. The summed E-state index contributed by atoms with van der Waals surface area (Å²) >= 11 is 0. The molecule has 0 unspecified atom stereocenters. The van der Waals surface area contributed by atoms with Crippen molar-refractivity contribution in [1.82, 2.24) is 25.0 Å². The molecule has 0 aliphatic heterocycles. The lowest BCUT2D eigenvalue weighted by atomic mass is 10.2. The molecule has 184 valence electrons. The summed E-state index contributed by atoms with van der Waals surface area (Å²) in [5.41, 5.74) is 2.22. The molecule has 0 aliphatic rings. The van der Waals surface area contributed by atoms with Crippen molar-refractivity contribution in [2.45, 2.75) is 34.2 Å². The smallest absolute Gasteiger partial charge is 0.324 e. The topological polar surface area (TPSA) is 87.8 Å². The summed E-state index contributed by atoms with van der Waals surface area (Å²) in [6.07, 6.45) is 1.68. The van der Waals surface area contributed by atoms with Crippen LogP contribution in [0, 0.1) is 6.92 Å². The summed E-state index contributed by atoms with van der Waals surface area (Å²) in [6, 6.07) is 11.1. The highest BCUT2D eigenvalue weighted by molar-refractivity contribution is 5.92. The van der Waals surface area contributed by atoms with Crippen LogP contribution in [-0.4, -0.2) is 71.9 Å². The molecule has 0 bridgehead atoms. The standard InChI is InChI=1S/C23H30N6O3.C2H6/c1-6-28(13-12-27(3)4)23(30)29(20-8-7-9-21(14-20)31-5)16-19-11-10-18(15-24-19)22-26-25-17(2)32-22;1-2/h7-11,14-15H,6,12-13,16H2,1-5H3;1-2H3. The van der Waals surface area contributed by atoms with Crippen molar-refractivity contribution in [1.29, 1.82) is 0 Å². The van der Waals surface area contributed by atoms with Crippen molar-refractivity contribution in [3.63, 3.8) is 0 Å². The van der Waals surface area contributed by atoms with Gasteiger partial charge in [-0.1, -0.05) is 19.9 Å². The van der Waals surface area contributed by atoms with E-state index in [0.29, 0.717) is 37.2 Å². The van der Waals surface area contributed by atoms with E-state index in [-0.39, 0.29) is 6.03 Å². The highest BCUT2D eigenvalue weighted by Crippen LogP contribution is 2.24. The normalized spacial score (nSPS) is 10.5. The van der Waals surface area contributed by atoms with Crippen LogP contribution in [0.15, 0.2) is 47.0 Å². The van der Waals surface area contributed by atoms with E-state index in [4.69, 9.17) is 9.15 Å². The Balaban J connectivity index is 0.00000199. The van der Waals surface area contributed by atoms with Crippen LogP contribution in [0.25, 0.3) is 11.5 Å². The third-order valence-electron chi connectivity index (χ3n) is 4.98. The molecule has 2 aromatic heterocycles. The molecule has 34 heavy (non-hydrogen) atoms. The van der Waals surface area contributed by atoms with Crippen LogP contribution in [0.1, 0.15) is 32.4 Å². The molecule has 0 saturated carbocycles. The summed E-state index contributed by atoms with van der Waals surface area (Å²) in [7, 11) is 5.60. The lowest BCUT2D eigenvalue weighted by Crippen LogP contribution is -2.45. The fraction of sp³-hybridized carbons (Fsp3) is 0.440. The maximum atomic E-state index is 13.5. The second kappa shape index (κ2) is 13.3. The Morgan fingerprint density at radius 1 is 1.09 bits per heavy atom. The van der Waals surface area contributed by atoms with Gasteiger partial charge in [0.1, 0.15) is 5.75 Å². The predicted octanol–water partition coefficient (Wildman–Crippen LogP) is 4.48. The number of pyridine rings is 1. The van der Waals surface area contributed by atoms with Crippen LogP contribution in [0.5, 0.6) is 5.75 Å². The number of anilines is 1. The van der Waals surface area contributed by atoms with Crippen LogP contribution in [0.4, 0.5) is 10.5 Å². The Bertz CT molecular complexity index is 1020. The number of aryl methyl sites for hydroxylation is 1. The van der Waals surface area contributed by atoms with Crippen LogP contribution in [-0.2, 0) is 6.54 Å². The molecule has 0 atom stereocenters. The minimum Gasteiger partial charge on any atom is -0.497 e. The predicted molar refractivity (Wildman–Crippen MR) is 134 cm³/mol. The lowest BCUT2D eigenvalue weighted by Gasteiger charge is -2.31. The van der Waals surface area contributed by atoms with Crippen molar-refractivity contribution in [2.24, 2.45) is 0 Å². The number of urea groups is 1. The van der Waals surface area contributed by atoms with Gasteiger partial charge in [0.15, 0.2) is 0 Å². The number of carbonyl (C=O) groups excluding carboxylic acids is 1. The SMILES string of the molecule is CC.CCN(CCN(C)C)C(=O)N(Cc1ccc(-c2nnc(C)o2)cn1)c1cccc(OC)c1. The van der Waals surface area contributed by atoms with Gasteiger partial charge >= 0.3 is 6.03 Å². The zero-order valence-corrected chi connectivity index (χ0v) is 21.3. The maximum absolute atomic E-state index is 13.5. The minimum atomic E-state index is -0.0824. The molecule has 0 saturated heterocycles. The summed E-state index contributed by atoms with van der Waals surface area (Å²) in [4.78, 5) is 23.7. The highest BCUT2D eigenvalue weighted by Gasteiger charge is 2.23. The minimum absolute atomic E-state index is 0.0824. The maximum Gasteiger partial charge on any atom is 0.324 e. The van der Waals surface area contributed by atoms with Crippen LogP contribution in [0.3, 0.4) is 0 Å². The molecule has 2 amide bonds. The van der Waals surface area contributed by atoms with Gasteiger partial charge in [0.25, 0.3) is 0 Å². The molecular formula is C25H36N6O3. The number of hydrogen-bond acceptors (Lipinski definition) is 7. The van der Waals surface area contributed by atoms with Gasteiger partial charge in [-0.05, 0) is 45.3 Å². The number of rotatable bonds is 9. The zero-order valence-electron chi connectivity index (χ0n) is 21.3. The molecule has 0 spiro atoms.